The fourth-order valence-corrected chi connectivity index (χ4v) is 1.87. The lowest BCUT2D eigenvalue weighted by Gasteiger charge is -2.17. The maximum Gasteiger partial charge on any atom is 0.0597 e. The molecule has 0 spiro atoms. The van der Waals surface area contributed by atoms with E-state index in [1.165, 1.54) is 4.88 Å². The summed E-state index contributed by atoms with van der Waals surface area (Å²) < 4.78 is 0. The minimum absolute atomic E-state index is 0.0818. The summed E-state index contributed by atoms with van der Waals surface area (Å²) in [5.74, 6) is 2.59. The van der Waals surface area contributed by atoms with Crippen molar-refractivity contribution in [1.29, 1.82) is 0 Å². The summed E-state index contributed by atoms with van der Waals surface area (Å²) >= 11 is 1.69. The van der Waals surface area contributed by atoms with Crippen molar-refractivity contribution in [2.75, 3.05) is 20.1 Å². The molecular weight excluding hydrogens is 180 g/mol. The highest BCUT2D eigenvalue weighted by atomic mass is 32.1. The van der Waals surface area contributed by atoms with Crippen LogP contribution in [0.1, 0.15) is 10.9 Å². The highest BCUT2D eigenvalue weighted by molar-refractivity contribution is 7.10. The first-order chi connectivity index (χ1) is 6.24. The third-order valence-corrected chi connectivity index (χ3v) is 2.78. The van der Waals surface area contributed by atoms with Gasteiger partial charge in [-0.25, -0.2) is 0 Å². The number of terminal acetylenes is 1. The van der Waals surface area contributed by atoms with E-state index < -0.39 is 0 Å². The number of rotatable bonds is 4. The van der Waals surface area contributed by atoms with E-state index in [-0.39, 0.29) is 6.04 Å². The van der Waals surface area contributed by atoms with Crippen LogP contribution in [0.5, 0.6) is 0 Å². The molecule has 13 heavy (non-hydrogen) atoms. The van der Waals surface area contributed by atoms with Gasteiger partial charge in [0, 0.05) is 11.4 Å². The standard InChI is InChI=1S/C10H14N2S/c1-3-6-12(2)8-9(11)10-5-4-7-13-10/h1,4-5,7,9H,6,8,11H2,2H3. The van der Waals surface area contributed by atoms with Crippen molar-refractivity contribution >= 4 is 11.3 Å². The Morgan fingerprint density at radius 3 is 3.08 bits per heavy atom. The van der Waals surface area contributed by atoms with Crippen molar-refractivity contribution in [3.05, 3.63) is 22.4 Å². The molecule has 0 aromatic carbocycles. The fourth-order valence-electron chi connectivity index (χ4n) is 1.15. The zero-order valence-electron chi connectivity index (χ0n) is 7.73. The van der Waals surface area contributed by atoms with Crippen LogP contribution in [0, 0.1) is 12.3 Å². The van der Waals surface area contributed by atoms with E-state index in [4.69, 9.17) is 12.2 Å². The molecule has 1 heterocycles. The highest BCUT2D eigenvalue weighted by Crippen LogP contribution is 2.16. The largest absolute Gasteiger partial charge is 0.322 e. The first kappa shape index (κ1) is 10.3. The van der Waals surface area contributed by atoms with Crippen LogP contribution in [0.2, 0.25) is 0 Å². The Balaban J connectivity index is 2.42. The predicted molar refractivity (Wildman–Crippen MR) is 57.6 cm³/mol. The van der Waals surface area contributed by atoms with Crippen LogP contribution in [0.25, 0.3) is 0 Å². The lowest BCUT2D eigenvalue weighted by Crippen LogP contribution is -2.28. The summed E-state index contributed by atoms with van der Waals surface area (Å²) in [6.45, 7) is 1.46. The average molecular weight is 194 g/mol. The third kappa shape index (κ3) is 3.19. The van der Waals surface area contributed by atoms with Crippen LogP contribution < -0.4 is 5.73 Å². The molecular formula is C10H14N2S. The molecule has 2 N–H and O–H groups in total. The molecule has 70 valence electrons. The number of thiophene rings is 1. The molecule has 0 aliphatic rings. The molecule has 0 saturated carbocycles. The Morgan fingerprint density at radius 2 is 2.54 bits per heavy atom. The minimum atomic E-state index is 0.0818. The van der Waals surface area contributed by atoms with Gasteiger partial charge in [0.15, 0.2) is 0 Å². The fraction of sp³-hybridized carbons (Fsp3) is 0.400. The first-order valence-corrected chi connectivity index (χ1v) is 5.03. The Hall–Kier alpha value is -0.820. The number of hydrogen-bond donors (Lipinski definition) is 1. The summed E-state index contributed by atoms with van der Waals surface area (Å²) in [4.78, 5) is 3.26. The van der Waals surface area contributed by atoms with E-state index in [1.807, 2.05) is 23.4 Å². The average Bonchev–Trinajstić information content (AvgIpc) is 2.55. The van der Waals surface area contributed by atoms with E-state index >= 15 is 0 Å². The maximum atomic E-state index is 5.97. The van der Waals surface area contributed by atoms with Gasteiger partial charge in [0.25, 0.3) is 0 Å². The van der Waals surface area contributed by atoms with Gasteiger partial charge in [-0.1, -0.05) is 12.0 Å². The smallest absolute Gasteiger partial charge is 0.0597 e. The molecule has 0 bridgehead atoms. The molecule has 1 atom stereocenters. The van der Waals surface area contributed by atoms with Gasteiger partial charge in [-0.3, -0.25) is 4.90 Å². The van der Waals surface area contributed by atoms with Crippen molar-refractivity contribution in [2.45, 2.75) is 6.04 Å². The third-order valence-electron chi connectivity index (χ3n) is 1.78. The molecule has 2 nitrogen and oxygen atoms in total. The van der Waals surface area contributed by atoms with E-state index in [1.54, 1.807) is 11.3 Å². The summed E-state index contributed by atoms with van der Waals surface area (Å²) in [6.07, 6.45) is 5.19. The van der Waals surface area contributed by atoms with Gasteiger partial charge in [-0.2, -0.15) is 0 Å². The van der Waals surface area contributed by atoms with Crippen LogP contribution in [0.15, 0.2) is 17.5 Å². The SMILES string of the molecule is C#CCN(C)CC(N)c1cccs1. The van der Waals surface area contributed by atoms with Crippen molar-refractivity contribution in [3.8, 4) is 12.3 Å². The first-order valence-electron chi connectivity index (χ1n) is 4.15. The second-order valence-corrected chi connectivity index (χ2v) is 4.00. The minimum Gasteiger partial charge on any atom is -0.322 e. The van der Waals surface area contributed by atoms with E-state index in [2.05, 4.69) is 12.0 Å². The second kappa shape index (κ2) is 5.03. The number of nitrogens with zero attached hydrogens (tertiary/aromatic N) is 1. The Labute approximate surface area is 83.4 Å². The van der Waals surface area contributed by atoms with Gasteiger partial charge in [0.1, 0.15) is 0 Å². The van der Waals surface area contributed by atoms with Gasteiger partial charge in [-0.15, -0.1) is 17.8 Å². The molecule has 1 unspecified atom stereocenters. The molecule has 0 amide bonds. The summed E-state index contributed by atoms with van der Waals surface area (Å²) in [5.41, 5.74) is 5.97. The van der Waals surface area contributed by atoms with E-state index in [0.29, 0.717) is 6.54 Å². The molecule has 1 aromatic heterocycles. The molecule has 0 aliphatic heterocycles. The van der Waals surface area contributed by atoms with Crippen LogP contribution in [0.3, 0.4) is 0 Å². The van der Waals surface area contributed by atoms with Crippen LogP contribution in [-0.2, 0) is 0 Å². The van der Waals surface area contributed by atoms with Crippen molar-refractivity contribution in [1.82, 2.24) is 4.90 Å². The summed E-state index contributed by atoms with van der Waals surface area (Å²) in [6, 6.07) is 4.15. The van der Waals surface area contributed by atoms with Crippen LogP contribution >= 0.6 is 11.3 Å². The van der Waals surface area contributed by atoms with E-state index in [0.717, 1.165) is 6.54 Å². The Kier molecular flexibility index (Phi) is 3.97. The normalized spacial score (nSPS) is 12.8. The summed E-state index contributed by atoms with van der Waals surface area (Å²) in [7, 11) is 1.98. The van der Waals surface area contributed by atoms with Crippen LogP contribution in [-0.4, -0.2) is 25.0 Å². The molecule has 1 aromatic rings. The van der Waals surface area contributed by atoms with Crippen molar-refractivity contribution < 1.29 is 0 Å². The molecule has 3 heteroatoms. The van der Waals surface area contributed by atoms with Gasteiger partial charge in [0.05, 0.1) is 12.6 Å². The Bertz CT molecular complexity index is 274. The lowest BCUT2D eigenvalue weighted by molar-refractivity contribution is 0.350. The Morgan fingerprint density at radius 1 is 1.77 bits per heavy atom. The quantitative estimate of drug-likeness (QED) is 0.732. The van der Waals surface area contributed by atoms with Gasteiger partial charge < -0.3 is 5.73 Å². The lowest BCUT2D eigenvalue weighted by atomic mass is 10.2. The number of hydrogen-bond acceptors (Lipinski definition) is 3. The van der Waals surface area contributed by atoms with Gasteiger partial charge in [0.2, 0.25) is 0 Å². The highest BCUT2D eigenvalue weighted by Gasteiger charge is 2.08. The predicted octanol–water partition coefficient (Wildman–Crippen LogP) is 1.31. The second-order valence-electron chi connectivity index (χ2n) is 3.02. The molecule has 0 saturated heterocycles. The molecule has 0 aliphatic carbocycles. The summed E-state index contributed by atoms with van der Waals surface area (Å²) in [5, 5.41) is 2.04. The number of likely N-dealkylation sites (N-methyl/N-ethyl adjacent to an activating group) is 1. The molecule has 0 fully saturated rings. The van der Waals surface area contributed by atoms with Crippen molar-refractivity contribution in [3.63, 3.8) is 0 Å². The van der Waals surface area contributed by atoms with Crippen LogP contribution in [0.4, 0.5) is 0 Å². The monoisotopic (exact) mass is 194 g/mol. The zero-order valence-corrected chi connectivity index (χ0v) is 8.55. The van der Waals surface area contributed by atoms with Gasteiger partial charge in [-0.05, 0) is 18.5 Å². The molecule has 0 radical (unpaired) electrons. The zero-order chi connectivity index (χ0) is 9.68. The number of nitrogens with two attached hydrogens (primary N) is 1. The maximum absolute atomic E-state index is 5.97. The van der Waals surface area contributed by atoms with Gasteiger partial charge >= 0.3 is 0 Å². The van der Waals surface area contributed by atoms with E-state index in [9.17, 15) is 0 Å². The van der Waals surface area contributed by atoms with Crippen molar-refractivity contribution in [2.24, 2.45) is 5.73 Å². The molecule has 1 rings (SSSR count). The topological polar surface area (TPSA) is 29.3 Å².